The van der Waals surface area contributed by atoms with Gasteiger partial charge in [0.25, 0.3) is 5.91 Å². The standard InChI is InChI=1S/C22H23N3O4/c1-28-16-5-2-4-15(10-16)22(27)8-7-14-12-25(13-17(14)22)21(26)19-11-18(23-24-19)20-6-3-9-29-20/h2-6,9-11,14,17,27H,7-8,12-13H2,1H3,(H,23,24)/t14-,17+,22+/m1/s1. The highest BCUT2D eigenvalue weighted by molar-refractivity contribution is 5.93. The molecule has 3 atom stereocenters. The quantitative estimate of drug-likeness (QED) is 0.711. The number of amides is 1. The highest BCUT2D eigenvalue weighted by atomic mass is 16.5. The van der Waals surface area contributed by atoms with Crippen LogP contribution in [0.3, 0.4) is 0 Å². The van der Waals surface area contributed by atoms with Gasteiger partial charge in [0.15, 0.2) is 11.5 Å². The fourth-order valence-electron chi connectivity index (χ4n) is 4.86. The fourth-order valence-corrected chi connectivity index (χ4v) is 4.86. The summed E-state index contributed by atoms with van der Waals surface area (Å²) < 4.78 is 10.7. The van der Waals surface area contributed by atoms with E-state index >= 15 is 0 Å². The zero-order chi connectivity index (χ0) is 20.0. The molecule has 3 heterocycles. The van der Waals surface area contributed by atoms with Crippen molar-refractivity contribution in [3.05, 3.63) is 60.0 Å². The van der Waals surface area contributed by atoms with Gasteiger partial charge >= 0.3 is 0 Å². The van der Waals surface area contributed by atoms with Gasteiger partial charge in [-0.05, 0) is 48.6 Å². The van der Waals surface area contributed by atoms with Crippen molar-refractivity contribution >= 4 is 5.91 Å². The van der Waals surface area contributed by atoms with E-state index in [-0.39, 0.29) is 17.7 Å². The van der Waals surface area contributed by atoms with Gasteiger partial charge in [-0.25, -0.2) is 0 Å². The smallest absolute Gasteiger partial charge is 0.274 e. The van der Waals surface area contributed by atoms with Gasteiger partial charge in [0, 0.05) is 25.1 Å². The van der Waals surface area contributed by atoms with Gasteiger partial charge in [0.1, 0.15) is 11.4 Å². The van der Waals surface area contributed by atoms with E-state index in [4.69, 9.17) is 9.15 Å². The first-order valence-corrected chi connectivity index (χ1v) is 9.84. The molecule has 0 bridgehead atoms. The first-order chi connectivity index (χ1) is 14.1. The van der Waals surface area contributed by atoms with Gasteiger partial charge < -0.3 is 19.2 Å². The first-order valence-electron chi connectivity index (χ1n) is 9.84. The van der Waals surface area contributed by atoms with Crippen LogP contribution in [0.1, 0.15) is 28.9 Å². The second-order valence-electron chi connectivity index (χ2n) is 7.92. The molecule has 7 nitrogen and oxygen atoms in total. The molecule has 29 heavy (non-hydrogen) atoms. The molecule has 7 heteroatoms. The summed E-state index contributed by atoms with van der Waals surface area (Å²) in [7, 11) is 1.62. The lowest BCUT2D eigenvalue weighted by Gasteiger charge is -2.31. The molecule has 2 fully saturated rings. The Labute approximate surface area is 168 Å². The minimum Gasteiger partial charge on any atom is -0.497 e. The van der Waals surface area contributed by atoms with Crippen LogP contribution in [0.4, 0.5) is 0 Å². The van der Waals surface area contributed by atoms with Crippen LogP contribution >= 0.6 is 0 Å². The van der Waals surface area contributed by atoms with E-state index in [0.717, 1.165) is 17.7 Å². The topological polar surface area (TPSA) is 91.6 Å². The Morgan fingerprint density at radius 1 is 1.31 bits per heavy atom. The normalized spacial score (nSPS) is 25.9. The third-order valence-corrected chi connectivity index (χ3v) is 6.39. The molecule has 1 saturated carbocycles. The number of aromatic amines is 1. The molecule has 0 radical (unpaired) electrons. The summed E-state index contributed by atoms with van der Waals surface area (Å²) in [5.74, 6) is 1.52. The molecule has 2 N–H and O–H groups in total. The number of carbonyl (C=O) groups is 1. The number of methoxy groups -OCH3 is 1. The van der Waals surface area contributed by atoms with Crippen LogP contribution < -0.4 is 4.74 Å². The maximum Gasteiger partial charge on any atom is 0.274 e. The van der Waals surface area contributed by atoms with Crippen LogP contribution in [0.5, 0.6) is 5.75 Å². The van der Waals surface area contributed by atoms with E-state index in [0.29, 0.717) is 36.7 Å². The molecule has 3 aromatic rings. The number of likely N-dealkylation sites (tertiary alicyclic amines) is 1. The van der Waals surface area contributed by atoms with Crippen molar-refractivity contribution in [2.45, 2.75) is 18.4 Å². The summed E-state index contributed by atoms with van der Waals surface area (Å²) in [5.41, 5.74) is 0.949. The Balaban J connectivity index is 1.36. The lowest BCUT2D eigenvalue weighted by atomic mass is 9.82. The van der Waals surface area contributed by atoms with Crippen LogP contribution in [-0.2, 0) is 5.60 Å². The van der Waals surface area contributed by atoms with E-state index in [1.165, 1.54) is 0 Å². The molecule has 1 saturated heterocycles. The van der Waals surface area contributed by atoms with Crippen LogP contribution in [0.2, 0.25) is 0 Å². The van der Waals surface area contributed by atoms with Crippen LogP contribution in [-0.4, -0.2) is 46.3 Å². The van der Waals surface area contributed by atoms with Crippen molar-refractivity contribution in [1.82, 2.24) is 15.1 Å². The summed E-state index contributed by atoms with van der Waals surface area (Å²) in [4.78, 5) is 14.8. The number of hydrogen-bond donors (Lipinski definition) is 2. The molecule has 150 valence electrons. The van der Waals surface area contributed by atoms with Gasteiger partial charge in [-0.15, -0.1) is 0 Å². The number of hydrogen-bond acceptors (Lipinski definition) is 5. The van der Waals surface area contributed by atoms with Crippen LogP contribution in [0.15, 0.2) is 53.1 Å². The molecule has 1 aliphatic heterocycles. The maximum absolute atomic E-state index is 13.0. The third kappa shape index (κ3) is 2.93. The molecule has 0 spiro atoms. The summed E-state index contributed by atoms with van der Waals surface area (Å²) in [6.07, 6.45) is 3.17. The van der Waals surface area contributed by atoms with E-state index in [1.54, 1.807) is 25.5 Å². The number of rotatable bonds is 4. The van der Waals surface area contributed by atoms with Gasteiger partial charge in [-0.2, -0.15) is 5.10 Å². The predicted molar refractivity (Wildman–Crippen MR) is 105 cm³/mol. The third-order valence-electron chi connectivity index (χ3n) is 6.39. The average Bonchev–Trinajstić information content (AvgIpc) is 3.52. The number of nitrogens with zero attached hydrogens (tertiary/aromatic N) is 2. The summed E-state index contributed by atoms with van der Waals surface area (Å²) in [6.45, 7) is 1.15. The number of ether oxygens (including phenoxy) is 1. The molecular formula is C22H23N3O4. The zero-order valence-corrected chi connectivity index (χ0v) is 16.2. The van der Waals surface area contributed by atoms with Gasteiger partial charge in [-0.3, -0.25) is 9.89 Å². The number of benzene rings is 1. The Bertz CT molecular complexity index is 1030. The molecule has 5 rings (SSSR count). The van der Waals surface area contributed by atoms with Gasteiger partial charge in [0.05, 0.1) is 19.0 Å². The number of furan rings is 1. The zero-order valence-electron chi connectivity index (χ0n) is 16.2. The largest absolute Gasteiger partial charge is 0.497 e. The lowest BCUT2D eigenvalue weighted by molar-refractivity contribution is -0.00607. The average molecular weight is 393 g/mol. The highest BCUT2D eigenvalue weighted by Gasteiger charge is 2.53. The van der Waals surface area contributed by atoms with Crippen molar-refractivity contribution in [2.75, 3.05) is 20.2 Å². The number of fused-ring (bicyclic) bond motifs is 1. The number of nitrogens with one attached hydrogen (secondary N) is 1. The van der Waals surface area contributed by atoms with Crippen LogP contribution in [0.25, 0.3) is 11.5 Å². The second kappa shape index (κ2) is 6.77. The number of carbonyl (C=O) groups excluding carboxylic acids is 1. The molecule has 0 unspecified atom stereocenters. The first kappa shape index (κ1) is 18.0. The molecule has 1 aromatic carbocycles. The number of aromatic nitrogens is 2. The molecule has 2 aliphatic rings. The van der Waals surface area contributed by atoms with Crippen molar-refractivity contribution in [1.29, 1.82) is 0 Å². The van der Waals surface area contributed by atoms with Crippen LogP contribution in [0, 0.1) is 11.8 Å². The Morgan fingerprint density at radius 2 is 2.21 bits per heavy atom. The van der Waals surface area contributed by atoms with Crippen molar-refractivity contribution in [3.8, 4) is 17.2 Å². The SMILES string of the molecule is COc1cccc([C@@]2(O)CC[C@@H]3CN(C(=O)c4cc(-c5ccco5)[nH]n4)C[C@@H]32)c1. The van der Waals surface area contributed by atoms with Gasteiger partial charge in [-0.1, -0.05) is 12.1 Å². The minimum absolute atomic E-state index is 0.00189. The van der Waals surface area contributed by atoms with Crippen molar-refractivity contribution < 1.29 is 19.1 Å². The Morgan fingerprint density at radius 3 is 3.00 bits per heavy atom. The summed E-state index contributed by atoms with van der Waals surface area (Å²) >= 11 is 0. The predicted octanol–water partition coefficient (Wildman–Crippen LogP) is 3.05. The Kier molecular flexibility index (Phi) is 4.20. The van der Waals surface area contributed by atoms with Gasteiger partial charge in [0.2, 0.25) is 0 Å². The Hall–Kier alpha value is -3.06. The molecule has 1 aliphatic carbocycles. The molecule has 1 amide bonds. The molecule has 2 aromatic heterocycles. The van der Waals surface area contributed by atoms with E-state index in [9.17, 15) is 9.90 Å². The minimum atomic E-state index is -0.945. The van der Waals surface area contributed by atoms with Crippen molar-refractivity contribution in [2.24, 2.45) is 11.8 Å². The van der Waals surface area contributed by atoms with Crippen molar-refractivity contribution in [3.63, 3.8) is 0 Å². The summed E-state index contributed by atoms with van der Waals surface area (Å²) in [6, 6.07) is 12.9. The summed E-state index contributed by atoms with van der Waals surface area (Å²) in [5, 5.41) is 18.6. The van der Waals surface area contributed by atoms with E-state index in [1.807, 2.05) is 35.2 Å². The van der Waals surface area contributed by atoms with E-state index < -0.39 is 5.60 Å². The number of aliphatic hydroxyl groups is 1. The second-order valence-corrected chi connectivity index (χ2v) is 7.92. The maximum atomic E-state index is 13.0. The number of H-pyrrole nitrogens is 1. The lowest BCUT2D eigenvalue weighted by Crippen LogP contribution is -2.36. The van der Waals surface area contributed by atoms with E-state index in [2.05, 4.69) is 10.2 Å². The highest BCUT2D eigenvalue weighted by Crippen LogP contribution is 2.51. The molecular weight excluding hydrogens is 370 g/mol. The fraction of sp³-hybridized carbons (Fsp3) is 0.364. The monoisotopic (exact) mass is 393 g/mol.